The number of hydrogen-bond acceptors (Lipinski definition) is 6. The van der Waals surface area contributed by atoms with Crippen LogP contribution in [0.1, 0.15) is 15.9 Å². The van der Waals surface area contributed by atoms with Crippen LogP contribution >= 0.6 is 11.8 Å². The maximum atomic E-state index is 12.6. The van der Waals surface area contributed by atoms with E-state index < -0.39 is 5.97 Å². The number of rotatable bonds is 4. The molecule has 1 fully saturated rings. The number of fused-ring (bicyclic) bond motifs is 1. The zero-order valence-electron chi connectivity index (χ0n) is 14.7. The van der Waals surface area contributed by atoms with Crippen molar-refractivity contribution in [2.45, 2.75) is 0 Å². The number of esters is 1. The van der Waals surface area contributed by atoms with Crippen molar-refractivity contribution < 1.29 is 14.3 Å². The highest BCUT2D eigenvalue weighted by Gasteiger charge is 2.16. The minimum atomic E-state index is -0.404. The lowest BCUT2D eigenvalue weighted by Crippen LogP contribution is -2.19. The molecule has 1 saturated heterocycles. The van der Waals surface area contributed by atoms with Gasteiger partial charge in [-0.2, -0.15) is 5.10 Å². The highest BCUT2D eigenvalue weighted by Crippen LogP contribution is 2.21. The molecule has 1 amide bonds. The number of carbonyl (C=O) groups excluding carboxylic acids is 2. The summed E-state index contributed by atoms with van der Waals surface area (Å²) in [6, 6.07) is 20.2. The van der Waals surface area contributed by atoms with Gasteiger partial charge >= 0.3 is 5.97 Å². The first-order valence-electron chi connectivity index (χ1n) is 8.53. The summed E-state index contributed by atoms with van der Waals surface area (Å²) in [4.78, 5) is 23.6. The molecule has 138 valence electrons. The third-order valence-electron chi connectivity index (χ3n) is 4.04. The normalized spacial score (nSPS) is 15.3. The van der Waals surface area contributed by atoms with E-state index >= 15 is 0 Å². The largest absolute Gasteiger partial charge is 0.423 e. The van der Waals surface area contributed by atoms with Crippen molar-refractivity contribution in [3.05, 3.63) is 77.9 Å². The van der Waals surface area contributed by atoms with E-state index in [-0.39, 0.29) is 5.91 Å². The van der Waals surface area contributed by atoms with Gasteiger partial charge in [-0.3, -0.25) is 4.79 Å². The van der Waals surface area contributed by atoms with Crippen molar-refractivity contribution >= 4 is 45.8 Å². The highest BCUT2D eigenvalue weighted by atomic mass is 32.2. The molecule has 0 aliphatic carbocycles. The average molecular weight is 389 g/mol. The number of nitrogens with zero attached hydrogens (tertiary/aromatic N) is 2. The first kappa shape index (κ1) is 17.9. The molecule has 3 aromatic carbocycles. The molecule has 7 heteroatoms. The summed E-state index contributed by atoms with van der Waals surface area (Å²) in [6.07, 6.45) is 1.56. The van der Waals surface area contributed by atoms with Crippen LogP contribution in [0.25, 0.3) is 10.8 Å². The van der Waals surface area contributed by atoms with Gasteiger partial charge in [-0.1, -0.05) is 48.2 Å². The molecular formula is C21H15N3O3S. The molecule has 0 saturated carbocycles. The Morgan fingerprint density at radius 3 is 2.61 bits per heavy atom. The molecule has 0 spiro atoms. The fourth-order valence-corrected chi connectivity index (χ4v) is 3.35. The summed E-state index contributed by atoms with van der Waals surface area (Å²) in [5.41, 5.74) is 1.32. The van der Waals surface area contributed by atoms with E-state index in [9.17, 15) is 9.59 Å². The number of carbonyl (C=O) groups is 2. The first-order chi connectivity index (χ1) is 13.7. The predicted molar refractivity (Wildman–Crippen MR) is 111 cm³/mol. The molecule has 6 nitrogen and oxygen atoms in total. The maximum Gasteiger partial charge on any atom is 0.344 e. The second kappa shape index (κ2) is 8.06. The van der Waals surface area contributed by atoms with E-state index in [1.165, 1.54) is 11.8 Å². The third kappa shape index (κ3) is 4.10. The van der Waals surface area contributed by atoms with Gasteiger partial charge in [0.2, 0.25) is 5.91 Å². The van der Waals surface area contributed by atoms with Crippen molar-refractivity contribution in [2.24, 2.45) is 10.2 Å². The van der Waals surface area contributed by atoms with E-state index in [2.05, 4.69) is 15.5 Å². The number of amides is 1. The van der Waals surface area contributed by atoms with Gasteiger partial charge in [0.15, 0.2) is 5.17 Å². The molecular weight excluding hydrogens is 374 g/mol. The van der Waals surface area contributed by atoms with Crippen LogP contribution in [-0.2, 0) is 4.79 Å². The number of thioether (sulfide) groups is 1. The molecule has 1 heterocycles. The van der Waals surface area contributed by atoms with Crippen molar-refractivity contribution in [2.75, 3.05) is 5.75 Å². The highest BCUT2D eigenvalue weighted by molar-refractivity contribution is 8.15. The van der Waals surface area contributed by atoms with Crippen LogP contribution in [0.5, 0.6) is 5.75 Å². The van der Waals surface area contributed by atoms with E-state index in [1.807, 2.05) is 36.4 Å². The van der Waals surface area contributed by atoms with E-state index in [4.69, 9.17) is 4.74 Å². The zero-order valence-corrected chi connectivity index (χ0v) is 15.5. The van der Waals surface area contributed by atoms with Crippen LogP contribution in [0, 0.1) is 0 Å². The van der Waals surface area contributed by atoms with Crippen LogP contribution in [0.3, 0.4) is 0 Å². The van der Waals surface area contributed by atoms with Crippen LogP contribution < -0.4 is 10.1 Å². The van der Waals surface area contributed by atoms with Gasteiger partial charge in [0.1, 0.15) is 5.75 Å². The topological polar surface area (TPSA) is 80.1 Å². The van der Waals surface area contributed by atoms with Crippen molar-refractivity contribution in [1.29, 1.82) is 0 Å². The van der Waals surface area contributed by atoms with Crippen LogP contribution in [0.2, 0.25) is 0 Å². The zero-order chi connectivity index (χ0) is 19.3. The molecule has 0 radical (unpaired) electrons. The Hall–Kier alpha value is -3.45. The predicted octanol–water partition coefficient (Wildman–Crippen LogP) is 3.61. The molecule has 28 heavy (non-hydrogen) atoms. The standard InChI is InChI=1S/C21H15N3O3S/c25-19-13-28-21(23-19)24-22-12-14-8-10-16(11-9-14)27-20(26)18-7-3-5-15-4-1-2-6-17(15)18/h1-12H,13H2,(H,23,24,25). The monoisotopic (exact) mass is 389 g/mol. The van der Waals surface area contributed by atoms with E-state index in [0.29, 0.717) is 22.2 Å². The second-order valence-corrected chi connectivity index (χ2v) is 6.94. The van der Waals surface area contributed by atoms with Crippen LogP contribution in [0.4, 0.5) is 0 Å². The summed E-state index contributed by atoms with van der Waals surface area (Å²) in [5, 5.41) is 12.8. The number of nitrogens with one attached hydrogen (secondary N) is 1. The molecule has 1 aliphatic heterocycles. The average Bonchev–Trinajstić information content (AvgIpc) is 3.14. The lowest BCUT2D eigenvalue weighted by molar-refractivity contribution is -0.116. The molecule has 4 rings (SSSR count). The maximum absolute atomic E-state index is 12.6. The lowest BCUT2D eigenvalue weighted by Gasteiger charge is -2.07. The van der Waals surface area contributed by atoms with Crippen LogP contribution in [0.15, 0.2) is 76.9 Å². The Morgan fingerprint density at radius 2 is 1.82 bits per heavy atom. The smallest absolute Gasteiger partial charge is 0.344 e. The molecule has 0 bridgehead atoms. The molecule has 0 aromatic heterocycles. The van der Waals surface area contributed by atoms with Gasteiger partial charge in [-0.05, 0) is 46.7 Å². The number of ether oxygens (including phenoxy) is 1. The van der Waals surface area contributed by atoms with Crippen LogP contribution in [-0.4, -0.2) is 29.0 Å². The SMILES string of the molecule is O=C1CSC(=NN=Cc2ccc(OC(=O)c3cccc4ccccc34)cc2)N1. The quantitative estimate of drug-likeness (QED) is 0.320. The Balaban J connectivity index is 1.44. The van der Waals surface area contributed by atoms with Gasteiger partial charge in [-0.25, -0.2) is 4.79 Å². The molecule has 1 N–H and O–H groups in total. The Morgan fingerprint density at radius 1 is 1.04 bits per heavy atom. The molecule has 0 unspecified atom stereocenters. The molecule has 0 atom stereocenters. The first-order valence-corrected chi connectivity index (χ1v) is 9.51. The van der Waals surface area contributed by atoms with Crippen molar-refractivity contribution in [3.8, 4) is 5.75 Å². The van der Waals surface area contributed by atoms with E-state index in [0.717, 1.165) is 16.3 Å². The summed E-state index contributed by atoms with van der Waals surface area (Å²) in [6.45, 7) is 0. The minimum absolute atomic E-state index is 0.0729. The van der Waals surface area contributed by atoms with Gasteiger partial charge in [0, 0.05) is 0 Å². The number of amidine groups is 1. The van der Waals surface area contributed by atoms with Crippen molar-refractivity contribution in [1.82, 2.24) is 5.32 Å². The van der Waals surface area contributed by atoms with Gasteiger partial charge in [-0.15, -0.1) is 5.10 Å². The summed E-state index contributed by atoms with van der Waals surface area (Å²) >= 11 is 1.31. The van der Waals surface area contributed by atoms with Gasteiger partial charge < -0.3 is 10.1 Å². The lowest BCUT2D eigenvalue weighted by atomic mass is 10.0. The third-order valence-corrected chi connectivity index (χ3v) is 4.91. The summed E-state index contributed by atoms with van der Waals surface area (Å²) in [5.74, 6) is 0.334. The van der Waals surface area contributed by atoms with E-state index in [1.54, 1.807) is 36.5 Å². The van der Waals surface area contributed by atoms with Gasteiger partial charge in [0.05, 0.1) is 17.5 Å². The Kier molecular flexibility index (Phi) is 5.16. The molecule has 1 aliphatic rings. The number of benzene rings is 3. The summed E-state index contributed by atoms with van der Waals surface area (Å²) < 4.78 is 5.50. The van der Waals surface area contributed by atoms with Crippen molar-refractivity contribution in [3.63, 3.8) is 0 Å². The summed E-state index contributed by atoms with van der Waals surface area (Å²) in [7, 11) is 0. The minimum Gasteiger partial charge on any atom is -0.423 e. The fraction of sp³-hybridized carbons (Fsp3) is 0.0476. The van der Waals surface area contributed by atoms with Gasteiger partial charge in [0.25, 0.3) is 0 Å². The fourth-order valence-electron chi connectivity index (χ4n) is 2.71. The Bertz CT molecular complexity index is 1100. The molecule has 3 aromatic rings. The number of hydrogen-bond donors (Lipinski definition) is 1. The second-order valence-electron chi connectivity index (χ2n) is 5.97. The Labute approximate surface area is 165 Å².